The highest BCUT2D eigenvalue weighted by atomic mass is 35.5. The number of anilines is 3. The lowest BCUT2D eigenvalue weighted by atomic mass is 10.2. The van der Waals surface area contributed by atoms with Gasteiger partial charge in [0, 0.05) is 35.9 Å². The number of nitrogens with one attached hydrogen (secondary N) is 2. The van der Waals surface area contributed by atoms with Gasteiger partial charge >= 0.3 is 6.03 Å². The van der Waals surface area contributed by atoms with Crippen molar-refractivity contribution in [1.82, 2.24) is 9.97 Å². The van der Waals surface area contributed by atoms with Crippen molar-refractivity contribution in [2.45, 2.75) is 0 Å². The van der Waals surface area contributed by atoms with Crippen LogP contribution in [0.25, 0.3) is 11.0 Å². The lowest BCUT2D eigenvalue weighted by Gasteiger charge is -2.27. The highest BCUT2D eigenvalue weighted by Gasteiger charge is 2.23. The lowest BCUT2D eigenvalue weighted by molar-refractivity contribution is 0.122. The van der Waals surface area contributed by atoms with Crippen molar-refractivity contribution in [2.24, 2.45) is 0 Å². The zero-order valence-corrected chi connectivity index (χ0v) is 19.9. The number of hydrogen-bond donors (Lipinski definition) is 2. The summed E-state index contributed by atoms with van der Waals surface area (Å²) in [6, 6.07) is 10.2. The summed E-state index contributed by atoms with van der Waals surface area (Å²) < 4.78 is 54.7. The van der Waals surface area contributed by atoms with Gasteiger partial charge in [-0.25, -0.2) is 18.6 Å². The molecule has 3 aromatic carbocycles. The number of benzene rings is 3. The molecule has 1 aliphatic rings. The summed E-state index contributed by atoms with van der Waals surface area (Å²) in [6.07, 6.45) is 1.63. The Morgan fingerprint density at radius 3 is 2.49 bits per heavy atom. The molecule has 0 saturated carbocycles. The van der Waals surface area contributed by atoms with Crippen LogP contribution in [0.4, 0.5) is 35.2 Å². The number of halogens is 4. The predicted molar refractivity (Wildman–Crippen MR) is 133 cm³/mol. The smallest absolute Gasteiger partial charge is 0.323 e. The van der Waals surface area contributed by atoms with Gasteiger partial charge in [-0.3, -0.25) is 4.98 Å². The van der Waals surface area contributed by atoms with Gasteiger partial charge in [-0.05, 0) is 36.4 Å². The summed E-state index contributed by atoms with van der Waals surface area (Å²) in [7, 11) is 0. The van der Waals surface area contributed by atoms with E-state index >= 15 is 4.39 Å². The number of hydrogen-bond acceptors (Lipinski definition) is 6. The fraction of sp³-hybridized carbons (Fsp3) is 0.160. The van der Waals surface area contributed by atoms with Gasteiger partial charge in [0.15, 0.2) is 11.6 Å². The standard InChI is InChI=1S/C25H19ClF3N5O3/c26-14-1-3-15(4-2-14)31-25(35)33-20-12-17(27)22(28)24(23(20)29)37-16-5-6-18-19(11-16)32-21(13-30-18)34-7-9-36-10-8-34/h1-6,11-13H,7-10H2,(H2,31,33,35). The SMILES string of the molecule is O=C(Nc1ccc(Cl)cc1)Nc1cc(F)c(F)c(Oc2ccc3ncc(N4CCOCC4)nc3c2)c1F. The van der Waals surface area contributed by atoms with E-state index in [0.29, 0.717) is 59.9 Å². The number of nitrogens with zero attached hydrogens (tertiary/aromatic N) is 3. The van der Waals surface area contributed by atoms with Crippen LogP contribution >= 0.6 is 11.6 Å². The molecule has 0 atom stereocenters. The second-order valence-corrected chi connectivity index (χ2v) is 8.47. The molecular weight excluding hydrogens is 511 g/mol. The zero-order chi connectivity index (χ0) is 25.9. The summed E-state index contributed by atoms with van der Waals surface area (Å²) in [5.74, 6) is -4.64. The van der Waals surface area contributed by atoms with Gasteiger partial charge in [-0.15, -0.1) is 0 Å². The molecule has 0 bridgehead atoms. The quantitative estimate of drug-likeness (QED) is 0.310. The maximum absolute atomic E-state index is 15.1. The summed E-state index contributed by atoms with van der Waals surface area (Å²) in [5.41, 5.74) is 0.691. The van der Waals surface area contributed by atoms with Gasteiger partial charge in [0.2, 0.25) is 11.6 Å². The molecule has 5 rings (SSSR count). The van der Waals surface area contributed by atoms with Crippen LogP contribution in [0.5, 0.6) is 11.5 Å². The third-order valence-electron chi connectivity index (χ3n) is 5.52. The van der Waals surface area contributed by atoms with Crippen LogP contribution in [-0.2, 0) is 4.74 Å². The van der Waals surface area contributed by atoms with Gasteiger partial charge in [0.1, 0.15) is 11.6 Å². The van der Waals surface area contributed by atoms with Gasteiger partial charge in [0.25, 0.3) is 0 Å². The van der Waals surface area contributed by atoms with Crippen molar-refractivity contribution >= 4 is 45.9 Å². The van der Waals surface area contributed by atoms with E-state index in [4.69, 9.17) is 21.1 Å². The van der Waals surface area contributed by atoms with E-state index < -0.39 is 34.9 Å². The van der Waals surface area contributed by atoms with Crippen LogP contribution in [0.3, 0.4) is 0 Å². The van der Waals surface area contributed by atoms with Crippen LogP contribution in [0.2, 0.25) is 5.02 Å². The lowest BCUT2D eigenvalue weighted by Crippen LogP contribution is -2.36. The van der Waals surface area contributed by atoms with Crippen molar-refractivity contribution in [3.63, 3.8) is 0 Å². The molecule has 8 nitrogen and oxygen atoms in total. The molecule has 4 aromatic rings. The predicted octanol–water partition coefficient (Wildman–Crippen LogP) is 5.97. The van der Waals surface area contributed by atoms with Crippen molar-refractivity contribution < 1.29 is 27.4 Å². The first-order valence-electron chi connectivity index (χ1n) is 11.2. The van der Waals surface area contributed by atoms with E-state index in [-0.39, 0.29) is 5.75 Å². The van der Waals surface area contributed by atoms with Crippen molar-refractivity contribution in [2.75, 3.05) is 41.8 Å². The molecule has 0 aliphatic carbocycles. The molecule has 1 aliphatic heterocycles. The Balaban J connectivity index is 1.39. The van der Waals surface area contributed by atoms with Gasteiger partial charge in [-0.1, -0.05) is 11.6 Å². The Hall–Kier alpha value is -4.09. The molecule has 190 valence electrons. The maximum Gasteiger partial charge on any atom is 0.323 e. The van der Waals surface area contributed by atoms with E-state index in [1.54, 1.807) is 24.4 Å². The van der Waals surface area contributed by atoms with E-state index in [1.807, 2.05) is 4.90 Å². The molecule has 1 fully saturated rings. The third-order valence-corrected chi connectivity index (χ3v) is 5.77. The van der Waals surface area contributed by atoms with Gasteiger partial charge in [-0.2, -0.15) is 4.39 Å². The molecule has 0 spiro atoms. The van der Waals surface area contributed by atoms with Crippen LogP contribution < -0.4 is 20.3 Å². The zero-order valence-electron chi connectivity index (χ0n) is 19.1. The average Bonchev–Trinajstić information content (AvgIpc) is 2.91. The van der Waals surface area contributed by atoms with Gasteiger partial charge in [0.05, 0.1) is 36.1 Å². The molecule has 0 radical (unpaired) electrons. The van der Waals surface area contributed by atoms with Crippen molar-refractivity contribution in [1.29, 1.82) is 0 Å². The highest BCUT2D eigenvalue weighted by molar-refractivity contribution is 6.30. The molecule has 0 unspecified atom stereocenters. The Labute approximate surface area is 214 Å². The molecule has 2 heterocycles. The first-order chi connectivity index (χ1) is 17.9. The number of rotatable bonds is 5. The number of ether oxygens (including phenoxy) is 2. The Kier molecular flexibility index (Phi) is 6.97. The first-order valence-corrected chi connectivity index (χ1v) is 11.5. The largest absolute Gasteiger partial charge is 0.451 e. The first kappa shape index (κ1) is 24.6. The molecular formula is C25H19ClF3N5O3. The maximum atomic E-state index is 15.1. The van der Waals surface area contributed by atoms with Crippen LogP contribution in [0.15, 0.2) is 54.7 Å². The van der Waals surface area contributed by atoms with Crippen LogP contribution in [-0.4, -0.2) is 42.3 Å². The number of carbonyl (C=O) groups is 1. The minimum absolute atomic E-state index is 0.000827. The van der Waals surface area contributed by atoms with E-state index in [9.17, 15) is 13.6 Å². The normalized spacial score (nSPS) is 13.5. The second-order valence-electron chi connectivity index (χ2n) is 8.03. The number of morpholine rings is 1. The number of aromatic nitrogens is 2. The topological polar surface area (TPSA) is 88.6 Å². The third kappa shape index (κ3) is 5.52. The van der Waals surface area contributed by atoms with Crippen molar-refractivity contribution in [3.05, 3.63) is 77.2 Å². The number of fused-ring (bicyclic) bond motifs is 1. The summed E-state index contributed by atoms with van der Waals surface area (Å²) in [6.45, 7) is 2.43. The highest BCUT2D eigenvalue weighted by Crippen LogP contribution is 2.35. The number of carbonyl (C=O) groups excluding carboxylic acids is 1. The Bertz CT molecular complexity index is 1470. The van der Waals surface area contributed by atoms with E-state index in [1.165, 1.54) is 24.3 Å². The molecule has 2 N–H and O–H groups in total. The van der Waals surface area contributed by atoms with Crippen molar-refractivity contribution in [3.8, 4) is 11.5 Å². The molecule has 1 saturated heterocycles. The summed E-state index contributed by atoms with van der Waals surface area (Å²) >= 11 is 5.81. The van der Waals surface area contributed by atoms with Crippen LogP contribution in [0, 0.1) is 17.5 Å². The van der Waals surface area contributed by atoms with E-state index in [0.717, 1.165) is 0 Å². The second kappa shape index (κ2) is 10.5. The van der Waals surface area contributed by atoms with E-state index in [2.05, 4.69) is 20.6 Å². The Morgan fingerprint density at radius 1 is 0.973 bits per heavy atom. The molecule has 12 heteroatoms. The molecule has 37 heavy (non-hydrogen) atoms. The number of urea groups is 1. The fourth-order valence-corrected chi connectivity index (χ4v) is 3.81. The Morgan fingerprint density at radius 2 is 1.73 bits per heavy atom. The fourth-order valence-electron chi connectivity index (χ4n) is 3.69. The summed E-state index contributed by atoms with van der Waals surface area (Å²) in [5, 5.41) is 5.05. The summed E-state index contributed by atoms with van der Waals surface area (Å²) in [4.78, 5) is 23.2. The molecule has 2 amide bonds. The van der Waals surface area contributed by atoms with Gasteiger partial charge < -0.3 is 25.0 Å². The number of amides is 2. The van der Waals surface area contributed by atoms with Crippen LogP contribution in [0.1, 0.15) is 0 Å². The average molecular weight is 530 g/mol. The molecule has 1 aromatic heterocycles. The monoisotopic (exact) mass is 529 g/mol. The minimum atomic E-state index is -1.55. The minimum Gasteiger partial charge on any atom is -0.451 e.